The van der Waals surface area contributed by atoms with Gasteiger partial charge in [-0.1, -0.05) is 24.3 Å². The molecule has 0 unspecified atom stereocenters. The van der Waals surface area contributed by atoms with E-state index in [0.717, 1.165) is 16.9 Å². The van der Waals surface area contributed by atoms with Gasteiger partial charge in [0.05, 0.1) is 12.6 Å². The molecule has 2 aromatic carbocycles. The molecule has 32 heavy (non-hydrogen) atoms. The van der Waals surface area contributed by atoms with Gasteiger partial charge in [-0.2, -0.15) is 5.10 Å². The Kier molecular flexibility index (Phi) is 7.09. The van der Waals surface area contributed by atoms with Crippen molar-refractivity contribution in [2.75, 3.05) is 26.3 Å². The van der Waals surface area contributed by atoms with Gasteiger partial charge in [-0.3, -0.25) is 9.58 Å². The second kappa shape index (κ2) is 10.2. The molecular weight excluding hydrogens is 406 g/mol. The van der Waals surface area contributed by atoms with Crippen molar-refractivity contribution in [1.82, 2.24) is 14.7 Å². The first-order chi connectivity index (χ1) is 15.5. The fourth-order valence-corrected chi connectivity index (χ4v) is 4.02. The molecular formula is C25H31N3O4. The van der Waals surface area contributed by atoms with Gasteiger partial charge >= 0.3 is 0 Å². The molecule has 3 aromatic rings. The second-order valence-electron chi connectivity index (χ2n) is 8.49. The minimum absolute atomic E-state index is 0.0463. The summed E-state index contributed by atoms with van der Waals surface area (Å²) in [5.74, 6) is 1.51. The van der Waals surface area contributed by atoms with Gasteiger partial charge in [-0.05, 0) is 54.8 Å². The first-order valence-corrected chi connectivity index (χ1v) is 11.0. The molecule has 2 N–H and O–H groups in total. The van der Waals surface area contributed by atoms with Crippen LogP contribution in [0.4, 0.5) is 0 Å². The lowest BCUT2D eigenvalue weighted by atomic mass is 9.90. The number of aryl methyl sites for hydroxylation is 1. The smallest absolute Gasteiger partial charge is 0.137 e. The average molecular weight is 438 g/mol. The maximum atomic E-state index is 11.1. The molecule has 1 aliphatic rings. The van der Waals surface area contributed by atoms with Crippen LogP contribution in [0.25, 0.3) is 0 Å². The van der Waals surface area contributed by atoms with Gasteiger partial charge in [0.1, 0.15) is 30.3 Å². The van der Waals surface area contributed by atoms with Crippen molar-refractivity contribution in [2.45, 2.75) is 38.1 Å². The summed E-state index contributed by atoms with van der Waals surface area (Å²) >= 11 is 0. The molecule has 1 aliphatic heterocycles. The summed E-state index contributed by atoms with van der Waals surface area (Å²) < 4.78 is 13.5. The van der Waals surface area contributed by atoms with E-state index >= 15 is 0 Å². The molecule has 0 spiro atoms. The van der Waals surface area contributed by atoms with Gasteiger partial charge in [0.25, 0.3) is 0 Å². The van der Waals surface area contributed by atoms with E-state index in [0.29, 0.717) is 45.0 Å². The van der Waals surface area contributed by atoms with Gasteiger partial charge in [0, 0.05) is 32.0 Å². The maximum Gasteiger partial charge on any atom is 0.137 e. The van der Waals surface area contributed by atoms with Crippen molar-refractivity contribution in [2.24, 2.45) is 0 Å². The van der Waals surface area contributed by atoms with Gasteiger partial charge in [-0.25, -0.2) is 0 Å². The Balaban J connectivity index is 1.32. The summed E-state index contributed by atoms with van der Waals surface area (Å²) in [6.45, 7) is 4.98. The Labute approximate surface area is 188 Å². The minimum atomic E-state index is -1.32. The second-order valence-corrected chi connectivity index (χ2v) is 8.49. The molecule has 0 amide bonds. The third-order valence-electron chi connectivity index (χ3n) is 5.77. The highest BCUT2D eigenvalue weighted by Gasteiger charge is 2.42. The summed E-state index contributed by atoms with van der Waals surface area (Å²) in [6.07, 6.45) is 3.34. The molecule has 2 atom stereocenters. The zero-order valence-corrected chi connectivity index (χ0v) is 18.4. The van der Waals surface area contributed by atoms with Crippen molar-refractivity contribution in [3.63, 3.8) is 0 Å². The van der Waals surface area contributed by atoms with E-state index in [1.54, 1.807) is 6.20 Å². The lowest BCUT2D eigenvalue weighted by molar-refractivity contribution is -0.140. The Bertz CT molecular complexity index is 994. The van der Waals surface area contributed by atoms with Crippen LogP contribution in [-0.4, -0.2) is 62.9 Å². The van der Waals surface area contributed by atoms with Crippen LogP contribution in [0.5, 0.6) is 11.5 Å². The Morgan fingerprint density at radius 3 is 2.69 bits per heavy atom. The molecule has 7 nitrogen and oxygen atoms in total. The van der Waals surface area contributed by atoms with Crippen LogP contribution in [-0.2, 0) is 13.1 Å². The van der Waals surface area contributed by atoms with E-state index in [2.05, 4.69) is 10.00 Å². The highest BCUT2D eigenvalue weighted by Crippen LogP contribution is 2.26. The first kappa shape index (κ1) is 22.3. The number of hydrogen-bond donors (Lipinski definition) is 2. The van der Waals surface area contributed by atoms with Crippen LogP contribution < -0.4 is 9.47 Å². The number of hydrogen-bond acceptors (Lipinski definition) is 6. The van der Waals surface area contributed by atoms with Crippen LogP contribution in [0.1, 0.15) is 17.5 Å². The van der Waals surface area contributed by atoms with Crippen LogP contribution >= 0.6 is 0 Å². The molecule has 4 rings (SSSR count). The number of aliphatic hydroxyl groups excluding tert-OH is 1. The van der Waals surface area contributed by atoms with E-state index in [4.69, 9.17) is 9.47 Å². The van der Waals surface area contributed by atoms with E-state index in [1.807, 2.05) is 72.4 Å². The zero-order chi connectivity index (χ0) is 22.4. The lowest BCUT2D eigenvalue weighted by Gasteiger charge is -2.42. The monoisotopic (exact) mass is 437 g/mol. The molecule has 0 aliphatic carbocycles. The van der Waals surface area contributed by atoms with Gasteiger partial charge in [0.15, 0.2) is 0 Å². The number of β-amino-alcohol motifs (C(OH)–C–C–N with tert-alkyl or cyclic N) is 1. The third-order valence-corrected chi connectivity index (χ3v) is 5.77. The maximum absolute atomic E-state index is 11.1. The van der Waals surface area contributed by atoms with Crippen molar-refractivity contribution in [3.05, 3.63) is 78.1 Å². The summed E-state index contributed by atoms with van der Waals surface area (Å²) in [6, 6.07) is 17.6. The number of likely N-dealkylation sites (tertiary alicyclic amines) is 1. The fourth-order valence-electron chi connectivity index (χ4n) is 4.02. The van der Waals surface area contributed by atoms with E-state index < -0.39 is 11.7 Å². The van der Waals surface area contributed by atoms with Crippen molar-refractivity contribution >= 4 is 0 Å². The summed E-state index contributed by atoms with van der Waals surface area (Å²) in [4.78, 5) is 2.15. The van der Waals surface area contributed by atoms with Crippen LogP contribution in [0, 0.1) is 6.92 Å². The standard InChI is InChI=1S/C25H31N3O4/c1-20-5-2-7-22(15-20)32-19-25(30)18-27(12-9-24(25)29)17-21-6-3-8-23(16-21)31-14-13-28-11-4-10-26-28/h2-8,10-11,15-16,24,29-30H,9,12-14,17-19H2,1H3/t24-,25-/m0/s1. The molecule has 0 bridgehead atoms. The SMILES string of the molecule is Cc1cccc(OC[C@@]2(O)CN(Cc3cccc(OCCn4cccn4)c3)CC[C@@H]2O)c1. The molecule has 1 fully saturated rings. The topological polar surface area (TPSA) is 80.0 Å². The number of aromatic nitrogens is 2. The molecule has 0 saturated carbocycles. The molecule has 170 valence electrons. The fraction of sp³-hybridized carbons (Fsp3) is 0.400. The molecule has 7 heteroatoms. The number of benzene rings is 2. The number of rotatable bonds is 9. The number of ether oxygens (including phenoxy) is 2. The van der Waals surface area contributed by atoms with Gasteiger partial charge in [0.2, 0.25) is 0 Å². The first-order valence-electron chi connectivity index (χ1n) is 11.0. The largest absolute Gasteiger partial charge is 0.492 e. The van der Waals surface area contributed by atoms with Crippen molar-refractivity contribution < 1.29 is 19.7 Å². The van der Waals surface area contributed by atoms with Crippen LogP contribution in [0.3, 0.4) is 0 Å². The predicted molar refractivity (Wildman–Crippen MR) is 122 cm³/mol. The number of aliphatic hydroxyl groups is 2. The number of nitrogens with zero attached hydrogens (tertiary/aromatic N) is 3. The van der Waals surface area contributed by atoms with Crippen LogP contribution in [0.15, 0.2) is 67.0 Å². The normalized spacial score (nSPS) is 21.4. The van der Waals surface area contributed by atoms with Gasteiger partial charge < -0.3 is 19.7 Å². The summed E-state index contributed by atoms with van der Waals surface area (Å²) in [5.41, 5.74) is 0.867. The quantitative estimate of drug-likeness (QED) is 0.536. The van der Waals surface area contributed by atoms with Gasteiger partial charge in [-0.15, -0.1) is 0 Å². The summed E-state index contributed by atoms with van der Waals surface area (Å²) in [5, 5.41) is 25.8. The predicted octanol–water partition coefficient (Wildman–Crippen LogP) is 2.65. The lowest BCUT2D eigenvalue weighted by Crippen LogP contribution is -2.59. The van der Waals surface area contributed by atoms with Crippen LogP contribution in [0.2, 0.25) is 0 Å². The Morgan fingerprint density at radius 2 is 1.91 bits per heavy atom. The van der Waals surface area contributed by atoms with Crippen molar-refractivity contribution in [3.8, 4) is 11.5 Å². The van der Waals surface area contributed by atoms with E-state index in [1.165, 1.54) is 0 Å². The van der Waals surface area contributed by atoms with E-state index in [9.17, 15) is 10.2 Å². The molecule has 1 saturated heterocycles. The average Bonchev–Trinajstić information content (AvgIpc) is 3.29. The molecule has 1 aromatic heterocycles. The molecule has 0 radical (unpaired) electrons. The summed E-state index contributed by atoms with van der Waals surface area (Å²) in [7, 11) is 0. The highest BCUT2D eigenvalue weighted by molar-refractivity contribution is 5.29. The Morgan fingerprint density at radius 1 is 1.09 bits per heavy atom. The zero-order valence-electron chi connectivity index (χ0n) is 18.4. The van der Waals surface area contributed by atoms with E-state index in [-0.39, 0.29) is 6.61 Å². The van der Waals surface area contributed by atoms with Crippen molar-refractivity contribution in [1.29, 1.82) is 0 Å². The Hall–Kier alpha value is -2.87. The number of piperidine rings is 1. The minimum Gasteiger partial charge on any atom is -0.492 e. The molecule has 2 heterocycles. The highest BCUT2D eigenvalue weighted by atomic mass is 16.5. The third kappa shape index (κ3) is 5.88.